The number of carbonyl (C=O) groups is 4. The summed E-state index contributed by atoms with van der Waals surface area (Å²) in [5.74, 6) is -1.62. The van der Waals surface area contributed by atoms with Crippen molar-refractivity contribution in [3.63, 3.8) is 0 Å². The van der Waals surface area contributed by atoms with Gasteiger partial charge in [-0.1, -0.05) is 19.9 Å². The molecule has 0 aliphatic carbocycles. The number of benzene rings is 1. The summed E-state index contributed by atoms with van der Waals surface area (Å²) < 4.78 is 9.73. The molecule has 1 N–H and O–H groups in total. The van der Waals surface area contributed by atoms with Crippen LogP contribution in [-0.2, 0) is 23.9 Å². The first-order chi connectivity index (χ1) is 13.3. The molecule has 2 rings (SSSR count). The van der Waals surface area contributed by atoms with E-state index in [0.717, 1.165) is 6.42 Å². The fourth-order valence-electron chi connectivity index (χ4n) is 3.00. The first-order valence-corrected chi connectivity index (χ1v) is 9.26. The van der Waals surface area contributed by atoms with Crippen molar-refractivity contribution in [1.82, 2.24) is 5.32 Å². The maximum atomic E-state index is 12.3. The Morgan fingerprint density at radius 1 is 1.25 bits per heavy atom. The molecule has 8 nitrogen and oxygen atoms in total. The minimum Gasteiger partial charge on any atom is -0.467 e. The maximum Gasteiger partial charge on any atom is 0.338 e. The molecular weight excluding hydrogens is 364 g/mol. The predicted molar refractivity (Wildman–Crippen MR) is 102 cm³/mol. The summed E-state index contributed by atoms with van der Waals surface area (Å²) in [6.07, 6.45) is 1.69. The van der Waals surface area contributed by atoms with Gasteiger partial charge in [0.2, 0.25) is 5.91 Å². The first-order valence-electron chi connectivity index (χ1n) is 9.26. The number of anilines is 1. The van der Waals surface area contributed by atoms with Gasteiger partial charge in [0.1, 0.15) is 6.04 Å². The molecule has 28 heavy (non-hydrogen) atoms. The SMILES string of the molecule is COC(=O)C(CC(C)C)NC(=O)COC(=O)c1cccc(N2CCCC2=O)c1. The van der Waals surface area contributed by atoms with Gasteiger partial charge in [-0.05, 0) is 37.0 Å². The topological polar surface area (TPSA) is 102 Å². The number of rotatable bonds is 8. The van der Waals surface area contributed by atoms with Crippen molar-refractivity contribution in [2.45, 2.75) is 39.2 Å². The monoisotopic (exact) mass is 390 g/mol. The Morgan fingerprint density at radius 2 is 2.00 bits per heavy atom. The van der Waals surface area contributed by atoms with Crippen LogP contribution in [0, 0.1) is 5.92 Å². The van der Waals surface area contributed by atoms with Crippen molar-refractivity contribution in [3.8, 4) is 0 Å². The molecule has 1 atom stereocenters. The maximum absolute atomic E-state index is 12.3. The standard InChI is InChI=1S/C20H26N2O6/c1-13(2)10-16(20(26)27-3)21-17(23)12-28-19(25)14-6-4-7-15(11-14)22-9-5-8-18(22)24/h4,6-7,11,13,16H,5,8-10,12H2,1-3H3,(H,21,23). The summed E-state index contributed by atoms with van der Waals surface area (Å²) >= 11 is 0. The third kappa shape index (κ3) is 5.80. The smallest absolute Gasteiger partial charge is 0.338 e. The molecule has 1 fully saturated rings. The largest absolute Gasteiger partial charge is 0.467 e. The van der Waals surface area contributed by atoms with E-state index < -0.39 is 30.5 Å². The van der Waals surface area contributed by atoms with Gasteiger partial charge in [0, 0.05) is 18.7 Å². The summed E-state index contributed by atoms with van der Waals surface area (Å²) in [4.78, 5) is 49.5. The van der Waals surface area contributed by atoms with Gasteiger partial charge in [0.05, 0.1) is 12.7 Å². The highest BCUT2D eigenvalue weighted by atomic mass is 16.5. The van der Waals surface area contributed by atoms with Crippen LogP contribution in [-0.4, -0.2) is 50.1 Å². The number of esters is 2. The van der Waals surface area contributed by atoms with Gasteiger partial charge >= 0.3 is 11.9 Å². The third-order valence-electron chi connectivity index (χ3n) is 4.33. The molecule has 1 aliphatic rings. The highest BCUT2D eigenvalue weighted by Crippen LogP contribution is 2.22. The highest BCUT2D eigenvalue weighted by molar-refractivity contribution is 5.98. The Bertz CT molecular complexity index is 746. The van der Waals surface area contributed by atoms with Gasteiger partial charge in [-0.3, -0.25) is 9.59 Å². The fraction of sp³-hybridized carbons (Fsp3) is 0.500. The number of amides is 2. The normalized spacial score (nSPS) is 14.7. The minimum absolute atomic E-state index is 0.0175. The molecule has 0 radical (unpaired) electrons. The molecule has 152 valence electrons. The lowest BCUT2D eigenvalue weighted by atomic mass is 10.0. The van der Waals surface area contributed by atoms with Crippen LogP contribution >= 0.6 is 0 Å². The van der Waals surface area contributed by atoms with Crippen LogP contribution in [0.3, 0.4) is 0 Å². The number of ether oxygens (including phenoxy) is 2. The van der Waals surface area contributed by atoms with Crippen LogP contribution in [0.2, 0.25) is 0 Å². The van der Waals surface area contributed by atoms with E-state index in [9.17, 15) is 19.2 Å². The number of methoxy groups -OCH3 is 1. The lowest BCUT2D eigenvalue weighted by Gasteiger charge is -2.18. The molecule has 0 bridgehead atoms. The van der Waals surface area contributed by atoms with Crippen LogP contribution in [0.1, 0.15) is 43.5 Å². The average Bonchev–Trinajstić information content (AvgIpc) is 3.10. The Labute approximate surface area is 164 Å². The average molecular weight is 390 g/mol. The Morgan fingerprint density at radius 3 is 2.61 bits per heavy atom. The number of nitrogens with zero attached hydrogens (tertiary/aromatic N) is 1. The van der Waals surface area contributed by atoms with Crippen LogP contribution < -0.4 is 10.2 Å². The predicted octanol–water partition coefficient (Wildman–Crippen LogP) is 1.67. The number of nitrogens with one attached hydrogen (secondary N) is 1. The van der Waals surface area contributed by atoms with E-state index in [0.29, 0.717) is 25.1 Å². The van der Waals surface area contributed by atoms with Crippen molar-refractivity contribution in [3.05, 3.63) is 29.8 Å². The summed E-state index contributed by atoms with van der Waals surface area (Å²) in [6.45, 7) is 3.93. The van der Waals surface area contributed by atoms with Crippen LogP contribution in [0.5, 0.6) is 0 Å². The van der Waals surface area contributed by atoms with Crippen LogP contribution in [0.25, 0.3) is 0 Å². The van der Waals surface area contributed by atoms with Crippen molar-refractivity contribution in [1.29, 1.82) is 0 Å². The van der Waals surface area contributed by atoms with Gasteiger partial charge in [0.15, 0.2) is 6.61 Å². The fourth-order valence-corrected chi connectivity index (χ4v) is 3.00. The van der Waals surface area contributed by atoms with Crippen molar-refractivity contribution >= 4 is 29.4 Å². The Hall–Kier alpha value is -2.90. The summed E-state index contributed by atoms with van der Waals surface area (Å²) in [5, 5.41) is 2.52. The molecule has 0 spiro atoms. The van der Waals surface area contributed by atoms with E-state index in [1.807, 2.05) is 13.8 Å². The number of carbonyl (C=O) groups excluding carboxylic acids is 4. The highest BCUT2D eigenvalue weighted by Gasteiger charge is 2.24. The van der Waals surface area contributed by atoms with E-state index >= 15 is 0 Å². The molecule has 1 aromatic rings. The third-order valence-corrected chi connectivity index (χ3v) is 4.33. The molecule has 1 aliphatic heterocycles. The van der Waals surface area contributed by atoms with Gasteiger partial charge < -0.3 is 19.7 Å². The first kappa shape index (κ1) is 21.4. The van der Waals surface area contributed by atoms with E-state index in [2.05, 4.69) is 10.1 Å². The minimum atomic E-state index is -0.791. The summed E-state index contributed by atoms with van der Waals surface area (Å²) in [6, 6.07) is 5.74. The van der Waals surface area contributed by atoms with Crippen molar-refractivity contribution in [2.75, 3.05) is 25.2 Å². The molecule has 8 heteroatoms. The van der Waals surface area contributed by atoms with Crippen molar-refractivity contribution < 1.29 is 28.7 Å². The zero-order valence-corrected chi connectivity index (χ0v) is 16.4. The molecule has 2 amide bonds. The quantitative estimate of drug-likeness (QED) is 0.678. The Balaban J connectivity index is 1.93. The van der Waals surface area contributed by atoms with E-state index in [1.165, 1.54) is 7.11 Å². The summed E-state index contributed by atoms with van der Waals surface area (Å²) in [7, 11) is 1.25. The van der Waals surface area contributed by atoms with Gasteiger partial charge in [-0.15, -0.1) is 0 Å². The van der Waals surface area contributed by atoms with Gasteiger partial charge in [0.25, 0.3) is 5.91 Å². The lowest BCUT2D eigenvalue weighted by Crippen LogP contribution is -2.44. The number of hydrogen-bond donors (Lipinski definition) is 1. The summed E-state index contributed by atoms with van der Waals surface area (Å²) in [5.41, 5.74) is 0.876. The van der Waals surface area contributed by atoms with Crippen molar-refractivity contribution in [2.24, 2.45) is 5.92 Å². The number of hydrogen-bond acceptors (Lipinski definition) is 6. The second-order valence-electron chi connectivity index (χ2n) is 7.05. The second kappa shape index (κ2) is 9.87. The molecule has 0 aromatic heterocycles. The van der Waals surface area contributed by atoms with Gasteiger partial charge in [-0.2, -0.15) is 0 Å². The molecule has 1 aromatic carbocycles. The van der Waals surface area contributed by atoms with E-state index in [-0.39, 0.29) is 17.4 Å². The lowest BCUT2D eigenvalue weighted by molar-refractivity contribution is -0.145. The molecule has 0 saturated carbocycles. The van der Waals surface area contributed by atoms with Crippen LogP contribution in [0.15, 0.2) is 24.3 Å². The zero-order valence-electron chi connectivity index (χ0n) is 16.4. The van der Waals surface area contributed by atoms with E-state index in [1.54, 1.807) is 29.2 Å². The molecular formula is C20H26N2O6. The molecule has 1 unspecified atom stereocenters. The second-order valence-corrected chi connectivity index (χ2v) is 7.05. The molecule has 1 heterocycles. The van der Waals surface area contributed by atoms with E-state index in [4.69, 9.17) is 4.74 Å². The zero-order chi connectivity index (χ0) is 20.7. The van der Waals surface area contributed by atoms with Gasteiger partial charge in [-0.25, -0.2) is 9.59 Å². The molecule has 1 saturated heterocycles. The Kier molecular flexibility index (Phi) is 7.54. The van der Waals surface area contributed by atoms with Crippen LogP contribution in [0.4, 0.5) is 5.69 Å².